The standard InChI is InChI=1S/C14H14N2O5S2/c1-21-12-5-9-14(10-6-12)23(19,20)15-22(2)13-7-3-11(4-8-13)16(17)18/h3-10,15H,2H2,1H3. The molecule has 0 aliphatic carbocycles. The third-order valence-electron chi connectivity index (χ3n) is 2.91. The molecule has 1 N–H and O–H groups in total. The van der Waals surface area contributed by atoms with Crippen molar-refractivity contribution in [3.8, 4) is 5.75 Å². The van der Waals surface area contributed by atoms with E-state index < -0.39 is 25.6 Å². The molecule has 2 aromatic carbocycles. The fourth-order valence-electron chi connectivity index (χ4n) is 1.72. The first-order valence-corrected chi connectivity index (χ1v) is 9.16. The second-order valence-corrected chi connectivity index (χ2v) is 7.80. The zero-order valence-electron chi connectivity index (χ0n) is 12.1. The van der Waals surface area contributed by atoms with Crippen molar-refractivity contribution in [3.05, 3.63) is 58.6 Å². The second-order valence-electron chi connectivity index (χ2n) is 4.40. The van der Waals surface area contributed by atoms with Crippen LogP contribution in [0.5, 0.6) is 5.75 Å². The van der Waals surface area contributed by atoms with E-state index in [0.717, 1.165) is 0 Å². The highest BCUT2D eigenvalue weighted by Gasteiger charge is 2.16. The Bertz CT molecular complexity index is 830. The van der Waals surface area contributed by atoms with Gasteiger partial charge in [-0.3, -0.25) is 10.1 Å². The smallest absolute Gasteiger partial charge is 0.269 e. The van der Waals surface area contributed by atoms with Gasteiger partial charge in [0.15, 0.2) is 0 Å². The quantitative estimate of drug-likeness (QED) is 0.488. The fourth-order valence-corrected chi connectivity index (χ4v) is 4.50. The van der Waals surface area contributed by atoms with E-state index in [2.05, 4.69) is 10.00 Å². The van der Waals surface area contributed by atoms with Gasteiger partial charge in [0.05, 0.1) is 16.9 Å². The predicted molar refractivity (Wildman–Crippen MR) is 89.4 cm³/mol. The monoisotopic (exact) mass is 354 g/mol. The molecule has 9 heteroatoms. The summed E-state index contributed by atoms with van der Waals surface area (Å²) in [5, 5.41) is 10.6. The minimum absolute atomic E-state index is 0.0660. The maximum atomic E-state index is 12.3. The van der Waals surface area contributed by atoms with Gasteiger partial charge in [0.1, 0.15) is 5.75 Å². The SMILES string of the molecule is C=S(NS(=O)(=O)c1ccc(OC)cc1)c1ccc([N+](=O)[O-])cc1. The van der Waals surface area contributed by atoms with Gasteiger partial charge in [-0.25, -0.2) is 8.42 Å². The Balaban J connectivity index is 2.18. The highest BCUT2D eigenvalue weighted by Crippen LogP contribution is 2.26. The van der Waals surface area contributed by atoms with Crippen LogP contribution in [-0.2, 0) is 10.0 Å². The number of non-ortho nitro benzene ring substituents is 1. The van der Waals surface area contributed by atoms with E-state index in [1.165, 1.54) is 43.5 Å². The van der Waals surface area contributed by atoms with E-state index in [0.29, 0.717) is 10.6 Å². The zero-order valence-corrected chi connectivity index (χ0v) is 13.8. The number of nitro benzene ring substituents is 1. The second kappa shape index (κ2) is 6.90. The summed E-state index contributed by atoms with van der Waals surface area (Å²) in [7, 11) is -3.33. The molecule has 0 heterocycles. The Morgan fingerprint density at radius 2 is 1.70 bits per heavy atom. The summed E-state index contributed by atoms with van der Waals surface area (Å²) in [6, 6.07) is 11.5. The van der Waals surface area contributed by atoms with Gasteiger partial charge in [0.2, 0.25) is 10.0 Å². The van der Waals surface area contributed by atoms with Crippen molar-refractivity contribution in [1.82, 2.24) is 4.13 Å². The van der Waals surface area contributed by atoms with E-state index in [9.17, 15) is 18.5 Å². The van der Waals surface area contributed by atoms with Crippen molar-refractivity contribution in [2.75, 3.05) is 7.11 Å². The Kier molecular flexibility index (Phi) is 5.14. The lowest BCUT2D eigenvalue weighted by Gasteiger charge is -2.11. The van der Waals surface area contributed by atoms with Crippen molar-refractivity contribution in [2.45, 2.75) is 9.79 Å². The number of nitrogens with zero attached hydrogens (tertiary/aromatic N) is 1. The average molecular weight is 354 g/mol. The molecule has 2 rings (SSSR count). The molecule has 2 aromatic rings. The third kappa shape index (κ3) is 4.15. The number of sulfonamides is 1. The van der Waals surface area contributed by atoms with Gasteiger partial charge in [-0.05, 0) is 36.4 Å². The van der Waals surface area contributed by atoms with Crippen LogP contribution in [0, 0.1) is 10.1 Å². The minimum atomic E-state index is -3.75. The van der Waals surface area contributed by atoms with E-state index >= 15 is 0 Å². The van der Waals surface area contributed by atoms with E-state index in [4.69, 9.17) is 4.74 Å². The summed E-state index contributed by atoms with van der Waals surface area (Å²) in [5.74, 6) is 4.32. The number of hydrogen-bond acceptors (Lipinski definition) is 5. The molecule has 1 unspecified atom stereocenters. The van der Waals surface area contributed by atoms with Crippen molar-refractivity contribution in [1.29, 1.82) is 0 Å². The average Bonchev–Trinajstić information content (AvgIpc) is 2.54. The molecule has 0 fully saturated rings. The van der Waals surface area contributed by atoms with Gasteiger partial charge in [0, 0.05) is 17.0 Å². The molecule has 0 spiro atoms. The number of hydrogen-bond donors (Lipinski definition) is 1. The van der Waals surface area contributed by atoms with Gasteiger partial charge >= 0.3 is 0 Å². The fraction of sp³-hybridized carbons (Fsp3) is 0.0714. The predicted octanol–water partition coefficient (Wildman–Crippen LogP) is 2.56. The lowest BCUT2D eigenvalue weighted by Crippen LogP contribution is -2.18. The van der Waals surface area contributed by atoms with Crippen LogP contribution in [0.1, 0.15) is 0 Å². The summed E-state index contributed by atoms with van der Waals surface area (Å²) in [5.41, 5.74) is -0.0660. The van der Waals surface area contributed by atoms with E-state index in [1.807, 2.05) is 0 Å². The molecule has 7 nitrogen and oxygen atoms in total. The molecular weight excluding hydrogens is 340 g/mol. The number of nitrogens with one attached hydrogen (secondary N) is 1. The molecule has 0 aromatic heterocycles. The summed E-state index contributed by atoms with van der Waals surface area (Å²) in [4.78, 5) is 10.7. The van der Waals surface area contributed by atoms with Crippen molar-refractivity contribution < 1.29 is 18.1 Å². The molecule has 0 aliphatic heterocycles. The molecule has 122 valence electrons. The lowest BCUT2D eigenvalue weighted by atomic mass is 10.3. The molecule has 0 saturated carbocycles. The Morgan fingerprint density at radius 1 is 1.13 bits per heavy atom. The highest BCUT2D eigenvalue weighted by atomic mass is 32.3. The van der Waals surface area contributed by atoms with E-state index in [1.54, 1.807) is 12.1 Å². The Labute approximate surface area is 136 Å². The van der Waals surface area contributed by atoms with Crippen LogP contribution in [-0.4, -0.2) is 26.3 Å². The summed E-state index contributed by atoms with van der Waals surface area (Å²) in [6.45, 7) is 0. The first-order valence-electron chi connectivity index (χ1n) is 6.28. The zero-order chi connectivity index (χ0) is 17.0. The molecular formula is C14H14N2O5S2. The van der Waals surface area contributed by atoms with Gasteiger partial charge < -0.3 is 4.74 Å². The first-order chi connectivity index (χ1) is 10.8. The number of methoxy groups -OCH3 is 1. The molecule has 0 saturated heterocycles. The maximum Gasteiger partial charge on any atom is 0.269 e. The molecule has 0 bridgehead atoms. The number of ether oxygens (including phenoxy) is 1. The van der Waals surface area contributed by atoms with E-state index in [-0.39, 0.29) is 10.6 Å². The van der Waals surface area contributed by atoms with Crippen LogP contribution in [0.25, 0.3) is 0 Å². The molecule has 1 atom stereocenters. The van der Waals surface area contributed by atoms with Crippen LogP contribution < -0.4 is 8.86 Å². The largest absolute Gasteiger partial charge is 0.497 e. The first kappa shape index (κ1) is 17.1. The molecule has 23 heavy (non-hydrogen) atoms. The lowest BCUT2D eigenvalue weighted by molar-refractivity contribution is -0.384. The molecule has 0 aliphatic rings. The number of nitro groups is 1. The number of rotatable bonds is 6. The molecule has 0 amide bonds. The molecule has 0 radical (unpaired) electrons. The normalized spacial score (nSPS) is 12.6. The van der Waals surface area contributed by atoms with Gasteiger partial charge in [-0.1, -0.05) is 16.5 Å². The maximum absolute atomic E-state index is 12.3. The summed E-state index contributed by atoms with van der Waals surface area (Å²) < 4.78 is 32.0. The Morgan fingerprint density at radius 3 is 2.17 bits per heavy atom. The summed E-state index contributed by atoms with van der Waals surface area (Å²) in [6.07, 6.45) is 0. The minimum Gasteiger partial charge on any atom is -0.497 e. The Hall–Kier alpha value is -2.23. The van der Waals surface area contributed by atoms with Gasteiger partial charge in [-0.15, -0.1) is 0 Å². The van der Waals surface area contributed by atoms with Crippen molar-refractivity contribution >= 4 is 32.3 Å². The van der Waals surface area contributed by atoms with Gasteiger partial charge in [0.25, 0.3) is 5.69 Å². The van der Waals surface area contributed by atoms with Crippen molar-refractivity contribution in [2.24, 2.45) is 0 Å². The van der Waals surface area contributed by atoms with Crippen molar-refractivity contribution in [3.63, 3.8) is 0 Å². The third-order valence-corrected chi connectivity index (χ3v) is 6.33. The topological polar surface area (TPSA) is 98.5 Å². The van der Waals surface area contributed by atoms with Crippen LogP contribution in [0.2, 0.25) is 0 Å². The number of benzene rings is 2. The summed E-state index contributed by atoms with van der Waals surface area (Å²) >= 11 is 0. The highest BCUT2D eigenvalue weighted by molar-refractivity contribution is 8.19. The van der Waals surface area contributed by atoms with Crippen LogP contribution in [0.4, 0.5) is 5.69 Å². The van der Waals surface area contributed by atoms with Gasteiger partial charge in [-0.2, -0.15) is 4.13 Å². The van der Waals surface area contributed by atoms with Crippen LogP contribution >= 0.6 is 10.7 Å². The van der Waals surface area contributed by atoms with Crippen LogP contribution in [0.15, 0.2) is 58.3 Å². The van der Waals surface area contributed by atoms with Crippen LogP contribution in [0.3, 0.4) is 0 Å².